The number of anilines is 1. The molecule has 0 bridgehead atoms. The third kappa shape index (κ3) is 4.59. The molecule has 0 saturated heterocycles. The highest BCUT2D eigenvalue weighted by molar-refractivity contribution is 7.15. The molecule has 0 atom stereocenters. The van der Waals surface area contributed by atoms with Crippen LogP contribution >= 0.6 is 11.3 Å². The van der Waals surface area contributed by atoms with Crippen LogP contribution in [0.3, 0.4) is 0 Å². The van der Waals surface area contributed by atoms with E-state index in [1.807, 2.05) is 30.5 Å². The van der Waals surface area contributed by atoms with Gasteiger partial charge in [-0.1, -0.05) is 48.0 Å². The molecule has 1 aliphatic rings. The maximum Gasteiger partial charge on any atom is 0.258 e. The molecule has 1 amide bonds. The molecule has 0 spiro atoms. The van der Waals surface area contributed by atoms with E-state index in [2.05, 4.69) is 79.2 Å². The van der Waals surface area contributed by atoms with Crippen LogP contribution in [-0.2, 0) is 12.8 Å². The molecule has 5 aromatic rings. The molecule has 0 aliphatic heterocycles. The summed E-state index contributed by atoms with van der Waals surface area (Å²) in [6.07, 6.45) is 6.25. The molecular weight excluding hydrogens is 486 g/mol. The number of nitrogens with one attached hydrogen (secondary N) is 1. The Labute approximate surface area is 227 Å². The molecule has 0 unspecified atom stereocenters. The number of benzene rings is 3. The SMILES string of the molecule is Cc1ccc(NC(=O)c2c(-n3c(C)cc(C=Nc4ccc5ccccc5c4)c3C)sc3c2CCCC3)cc1. The van der Waals surface area contributed by atoms with E-state index in [4.69, 9.17) is 4.99 Å². The number of aromatic nitrogens is 1. The van der Waals surface area contributed by atoms with Gasteiger partial charge in [0.25, 0.3) is 5.91 Å². The van der Waals surface area contributed by atoms with Crippen LogP contribution in [0.4, 0.5) is 11.4 Å². The van der Waals surface area contributed by atoms with Gasteiger partial charge in [0.2, 0.25) is 0 Å². The van der Waals surface area contributed by atoms with Crippen LogP contribution in [0.15, 0.2) is 77.8 Å². The van der Waals surface area contributed by atoms with Gasteiger partial charge in [-0.05, 0) is 93.1 Å². The number of thiophene rings is 1. The number of amides is 1. The number of carbonyl (C=O) groups excluding carboxylic acids is 1. The highest BCUT2D eigenvalue weighted by atomic mass is 32.1. The van der Waals surface area contributed by atoms with Gasteiger partial charge < -0.3 is 9.88 Å². The molecule has 2 heterocycles. The monoisotopic (exact) mass is 517 g/mol. The van der Waals surface area contributed by atoms with Crippen LogP contribution in [0.1, 0.15) is 56.2 Å². The molecule has 1 N–H and O–H groups in total. The number of hydrogen-bond acceptors (Lipinski definition) is 3. The maximum absolute atomic E-state index is 13.7. The summed E-state index contributed by atoms with van der Waals surface area (Å²) in [7, 11) is 0. The second-order valence-electron chi connectivity index (χ2n) is 10.2. The smallest absolute Gasteiger partial charge is 0.258 e. The van der Waals surface area contributed by atoms with E-state index in [1.54, 1.807) is 11.3 Å². The van der Waals surface area contributed by atoms with Gasteiger partial charge in [0.1, 0.15) is 5.00 Å². The molecular formula is C33H31N3OS. The second kappa shape index (κ2) is 10.1. The summed E-state index contributed by atoms with van der Waals surface area (Å²) in [5.74, 6) is -0.0258. The van der Waals surface area contributed by atoms with E-state index in [0.717, 1.165) is 58.2 Å². The number of rotatable bonds is 5. The van der Waals surface area contributed by atoms with Crippen LogP contribution < -0.4 is 5.32 Å². The molecule has 38 heavy (non-hydrogen) atoms. The average Bonchev–Trinajstić information content (AvgIpc) is 3.44. The summed E-state index contributed by atoms with van der Waals surface area (Å²) in [5, 5.41) is 6.57. The number of fused-ring (bicyclic) bond motifs is 2. The van der Waals surface area contributed by atoms with Gasteiger partial charge in [0, 0.05) is 33.7 Å². The fourth-order valence-corrected chi connectivity index (χ4v) is 6.90. The lowest BCUT2D eigenvalue weighted by molar-refractivity contribution is 0.102. The van der Waals surface area contributed by atoms with Crippen molar-refractivity contribution in [3.63, 3.8) is 0 Å². The minimum absolute atomic E-state index is 0.0258. The largest absolute Gasteiger partial charge is 0.322 e. The lowest BCUT2D eigenvalue weighted by atomic mass is 9.95. The van der Waals surface area contributed by atoms with Crippen LogP contribution in [0.25, 0.3) is 15.8 Å². The van der Waals surface area contributed by atoms with Gasteiger partial charge in [-0.15, -0.1) is 11.3 Å². The van der Waals surface area contributed by atoms with Crippen LogP contribution in [-0.4, -0.2) is 16.7 Å². The normalized spacial score (nSPS) is 13.2. The molecule has 2 aromatic heterocycles. The van der Waals surface area contributed by atoms with E-state index in [1.165, 1.54) is 33.2 Å². The van der Waals surface area contributed by atoms with Crippen molar-refractivity contribution in [1.29, 1.82) is 0 Å². The quantitative estimate of drug-likeness (QED) is 0.233. The zero-order valence-electron chi connectivity index (χ0n) is 22.0. The Balaban J connectivity index is 1.38. The standard InChI is InChI=1S/C33H31N3OS/c1-21-12-15-27(16-13-21)35-32(37)31-29-10-6-7-11-30(29)38-33(31)36-22(2)18-26(23(36)3)20-34-28-17-14-24-8-4-5-9-25(24)19-28/h4-5,8-9,12-20H,6-7,10-11H2,1-3H3,(H,35,37). The summed E-state index contributed by atoms with van der Waals surface area (Å²) < 4.78 is 2.24. The number of hydrogen-bond donors (Lipinski definition) is 1. The van der Waals surface area contributed by atoms with Crippen molar-refractivity contribution in [1.82, 2.24) is 4.57 Å². The predicted octanol–water partition coefficient (Wildman–Crippen LogP) is 8.50. The van der Waals surface area contributed by atoms with Crippen LogP contribution in [0, 0.1) is 20.8 Å². The van der Waals surface area contributed by atoms with Crippen molar-refractivity contribution in [2.45, 2.75) is 46.5 Å². The Morgan fingerprint density at radius 2 is 1.68 bits per heavy atom. The average molecular weight is 518 g/mol. The van der Waals surface area contributed by atoms with E-state index in [0.29, 0.717) is 0 Å². The molecule has 4 nitrogen and oxygen atoms in total. The summed E-state index contributed by atoms with van der Waals surface area (Å²) in [6, 6.07) is 24.8. The topological polar surface area (TPSA) is 46.4 Å². The van der Waals surface area contributed by atoms with Gasteiger partial charge in [0.05, 0.1) is 11.3 Å². The van der Waals surface area contributed by atoms with Gasteiger partial charge in [-0.2, -0.15) is 0 Å². The Hall–Kier alpha value is -3.96. The zero-order chi connectivity index (χ0) is 26.2. The Morgan fingerprint density at radius 3 is 2.50 bits per heavy atom. The van der Waals surface area contributed by atoms with Crippen molar-refractivity contribution >= 4 is 45.6 Å². The van der Waals surface area contributed by atoms with Crippen molar-refractivity contribution in [2.24, 2.45) is 4.99 Å². The Kier molecular flexibility index (Phi) is 6.46. The molecule has 0 fully saturated rings. The molecule has 5 heteroatoms. The van der Waals surface area contributed by atoms with E-state index in [-0.39, 0.29) is 5.91 Å². The van der Waals surface area contributed by atoms with Crippen molar-refractivity contribution in [3.05, 3.63) is 111 Å². The fourth-order valence-electron chi connectivity index (χ4n) is 5.41. The van der Waals surface area contributed by atoms with Crippen molar-refractivity contribution in [2.75, 3.05) is 5.32 Å². The molecule has 0 radical (unpaired) electrons. The lowest BCUT2D eigenvalue weighted by Gasteiger charge is -2.14. The van der Waals surface area contributed by atoms with Gasteiger partial charge in [-0.3, -0.25) is 9.79 Å². The molecule has 0 saturated carbocycles. The summed E-state index contributed by atoms with van der Waals surface area (Å²) in [4.78, 5) is 19.9. The van der Waals surface area contributed by atoms with Crippen LogP contribution in [0.2, 0.25) is 0 Å². The minimum Gasteiger partial charge on any atom is -0.322 e. The van der Waals surface area contributed by atoms with Gasteiger partial charge >= 0.3 is 0 Å². The van der Waals surface area contributed by atoms with Crippen LogP contribution in [0.5, 0.6) is 0 Å². The summed E-state index contributed by atoms with van der Waals surface area (Å²) in [5.41, 5.74) is 8.23. The van der Waals surface area contributed by atoms with E-state index < -0.39 is 0 Å². The Morgan fingerprint density at radius 1 is 0.921 bits per heavy atom. The summed E-state index contributed by atoms with van der Waals surface area (Å²) in [6.45, 7) is 6.29. The van der Waals surface area contributed by atoms with Gasteiger partial charge in [0.15, 0.2) is 0 Å². The first-order valence-corrected chi connectivity index (χ1v) is 14.0. The fraction of sp³-hybridized carbons (Fsp3) is 0.212. The maximum atomic E-state index is 13.7. The first-order chi connectivity index (χ1) is 18.5. The number of aliphatic imine (C=N–C) groups is 1. The first-order valence-electron chi connectivity index (χ1n) is 13.2. The lowest BCUT2D eigenvalue weighted by Crippen LogP contribution is -2.17. The molecule has 1 aliphatic carbocycles. The van der Waals surface area contributed by atoms with E-state index in [9.17, 15) is 4.79 Å². The first kappa shape index (κ1) is 24.4. The molecule has 3 aromatic carbocycles. The minimum atomic E-state index is -0.0258. The third-order valence-electron chi connectivity index (χ3n) is 7.45. The van der Waals surface area contributed by atoms with Crippen molar-refractivity contribution in [3.8, 4) is 5.00 Å². The zero-order valence-corrected chi connectivity index (χ0v) is 22.9. The molecule has 190 valence electrons. The highest BCUT2D eigenvalue weighted by Gasteiger charge is 2.28. The molecule has 6 rings (SSSR count). The predicted molar refractivity (Wildman–Crippen MR) is 160 cm³/mol. The number of nitrogens with zero attached hydrogens (tertiary/aromatic N) is 2. The second-order valence-corrected chi connectivity index (χ2v) is 11.2. The number of carbonyl (C=O) groups is 1. The van der Waals surface area contributed by atoms with Crippen molar-refractivity contribution < 1.29 is 4.79 Å². The Bertz CT molecular complexity index is 1690. The summed E-state index contributed by atoms with van der Waals surface area (Å²) >= 11 is 1.77. The highest BCUT2D eigenvalue weighted by Crippen LogP contribution is 2.39. The number of aryl methyl sites for hydroxylation is 3. The van der Waals surface area contributed by atoms with E-state index >= 15 is 0 Å². The third-order valence-corrected chi connectivity index (χ3v) is 8.73. The van der Waals surface area contributed by atoms with Gasteiger partial charge in [-0.25, -0.2) is 0 Å².